The van der Waals surface area contributed by atoms with Crippen molar-refractivity contribution in [1.82, 2.24) is 0 Å². The van der Waals surface area contributed by atoms with Gasteiger partial charge in [0.2, 0.25) is 0 Å². The molecular weight excluding hydrogens is 148 g/mol. The molecule has 2 rings (SSSR count). The molecule has 1 heteroatoms. The van der Waals surface area contributed by atoms with Crippen molar-refractivity contribution in [3.05, 3.63) is 35.4 Å². The predicted molar refractivity (Wildman–Crippen MR) is 49.2 cm³/mol. The maximum absolute atomic E-state index is 8.85. The summed E-state index contributed by atoms with van der Waals surface area (Å²) in [5.41, 5.74) is 2.95. The van der Waals surface area contributed by atoms with Crippen LogP contribution in [0.5, 0.6) is 0 Å². The fourth-order valence-electron chi connectivity index (χ4n) is 2.10. The third-order valence-electron chi connectivity index (χ3n) is 2.73. The minimum atomic E-state index is 0.318. The van der Waals surface area contributed by atoms with Crippen LogP contribution in [-0.4, -0.2) is 11.7 Å². The topological polar surface area (TPSA) is 20.2 Å². The quantitative estimate of drug-likeness (QED) is 0.706. The molecule has 1 aromatic rings. The average Bonchev–Trinajstić information content (AvgIpc) is 2.50. The van der Waals surface area contributed by atoms with Gasteiger partial charge in [0.1, 0.15) is 0 Å². The number of benzene rings is 1. The molecule has 12 heavy (non-hydrogen) atoms. The first-order valence-electron chi connectivity index (χ1n) is 4.60. The van der Waals surface area contributed by atoms with Gasteiger partial charge in [-0.3, -0.25) is 0 Å². The van der Waals surface area contributed by atoms with Gasteiger partial charge in [0.25, 0.3) is 0 Å². The average molecular weight is 162 g/mol. The Bertz CT molecular complexity index is 265. The van der Waals surface area contributed by atoms with Crippen LogP contribution in [0.25, 0.3) is 0 Å². The van der Waals surface area contributed by atoms with Gasteiger partial charge >= 0.3 is 0 Å². The van der Waals surface area contributed by atoms with Gasteiger partial charge in [0.15, 0.2) is 0 Å². The highest BCUT2D eigenvalue weighted by atomic mass is 16.3. The molecule has 0 aliphatic heterocycles. The fraction of sp³-hybridized carbons (Fsp3) is 0.455. The number of aryl methyl sites for hydroxylation is 1. The summed E-state index contributed by atoms with van der Waals surface area (Å²) in [5.74, 6) is 0.617. The lowest BCUT2D eigenvalue weighted by molar-refractivity contribution is 0.275. The van der Waals surface area contributed by atoms with Crippen LogP contribution in [0.15, 0.2) is 24.3 Å². The lowest BCUT2D eigenvalue weighted by Crippen LogP contribution is -1.96. The first kappa shape index (κ1) is 7.81. The van der Waals surface area contributed by atoms with Gasteiger partial charge in [-0.2, -0.15) is 0 Å². The lowest BCUT2D eigenvalue weighted by atomic mass is 9.98. The Labute approximate surface area is 73.0 Å². The molecule has 1 N–H and O–H groups in total. The second kappa shape index (κ2) is 3.28. The van der Waals surface area contributed by atoms with Crippen LogP contribution in [0.3, 0.4) is 0 Å². The van der Waals surface area contributed by atoms with Gasteiger partial charge in [0, 0.05) is 6.61 Å². The van der Waals surface area contributed by atoms with Crippen molar-refractivity contribution in [2.24, 2.45) is 0 Å². The second-order valence-corrected chi connectivity index (χ2v) is 3.45. The van der Waals surface area contributed by atoms with Crippen molar-refractivity contribution < 1.29 is 5.11 Å². The molecule has 0 saturated carbocycles. The van der Waals surface area contributed by atoms with Crippen LogP contribution in [0.2, 0.25) is 0 Å². The van der Waals surface area contributed by atoms with E-state index in [1.165, 1.54) is 24.0 Å². The Morgan fingerprint density at radius 3 is 3.00 bits per heavy atom. The number of aliphatic hydroxyl groups excluding tert-OH is 1. The van der Waals surface area contributed by atoms with Gasteiger partial charge in [-0.05, 0) is 36.3 Å². The maximum Gasteiger partial charge on any atom is 0.0436 e. The number of hydrogen-bond donors (Lipinski definition) is 1. The van der Waals surface area contributed by atoms with Crippen molar-refractivity contribution in [2.45, 2.75) is 25.2 Å². The third-order valence-corrected chi connectivity index (χ3v) is 2.73. The first-order valence-corrected chi connectivity index (χ1v) is 4.60. The first-order chi connectivity index (χ1) is 5.92. The summed E-state index contributed by atoms with van der Waals surface area (Å²) in [6, 6.07) is 8.59. The minimum absolute atomic E-state index is 0.318. The van der Waals surface area contributed by atoms with Crippen LogP contribution in [0.1, 0.15) is 29.9 Å². The molecule has 1 atom stereocenters. The lowest BCUT2D eigenvalue weighted by Gasteiger charge is -2.08. The van der Waals surface area contributed by atoms with E-state index >= 15 is 0 Å². The van der Waals surface area contributed by atoms with Gasteiger partial charge in [-0.25, -0.2) is 0 Å². The van der Waals surface area contributed by atoms with Crippen LogP contribution in [0, 0.1) is 0 Å². The van der Waals surface area contributed by atoms with Crippen LogP contribution >= 0.6 is 0 Å². The van der Waals surface area contributed by atoms with E-state index in [9.17, 15) is 0 Å². The molecule has 0 spiro atoms. The Kier molecular flexibility index (Phi) is 2.13. The number of hydrogen-bond acceptors (Lipinski definition) is 1. The smallest absolute Gasteiger partial charge is 0.0436 e. The van der Waals surface area contributed by atoms with Crippen molar-refractivity contribution in [3.8, 4) is 0 Å². The zero-order valence-electron chi connectivity index (χ0n) is 7.16. The Hall–Kier alpha value is -0.820. The zero-order valence-corrected chi connectivity index (χ0v) is 7.16. The van der Waals surface area contributed by atoms with E-state index in [1.807, 2.05) is 0 Å². The summed E-state index contributed by atoms with van der Waals surface area (Å²) >= 11 is 0. The highest BCUT2D eigenvalue weighted by Crippen LogP contribution is 2.34. The van der Waals surface area contributed by atoms with Crippen LogP contribution in [-0.2, 0) is 6.42 Å². The standard InChI is InChI=1S/C11H14O/c12-8-7-10-6-5-9-3-1-2-4-11(9)10/h1-4,10,12H,5-8H2/t10-/m0/s1. The normalized spacial score (nSPS) is 20.9. The zero-order chi connectivity index (χ0) is 8.39. The summed E-state index contributed by atoms with van der Waals surface area (Å²) in [5, 5.41) is 8.85. The van der Waals surface area contributed by atoms with E-state index in [1.54, 1.807) is 0 Å². The second-order valence-electron chi connectivity index (χ2n) is 3.45. The van der Waals surface area contributed by atoms with Crippen LogP contribution < -0.4 is 0 Å². The molecule has 1 aliphatic rings. The molecule has 0 bridgehead atoms. The summed E-state index contributed by atoms with van der Waals surface area (Å²) in [6.07, 6.45) is 3.34. The molecule has 0 saturated heterocycles. The third kappa shape index (κ3) is 1.25. The largest absolute Gasteiger partial charge is 0.396 e. The monoisotopic (exact) mass is 162 g/mol. The van der Waals surface area contributed by atoms with Gasteiger partial charge in [-0.15, -0.1) is 0 Å². The van der Waals surface area contributed by atoms with Crippen molar-refractivity contribution >= 4 is 0 Å². The van der Waals surface area contributed by atoms with Crippen molar-refractivity contribution in [2.75, 3.05) is 6.61 Å². The van der Waals surface area contributed by atoms with Crippen molar-refractivity contribution in [3.63, 3.8) is 0 Å². The molecular formula is C11H14O. The van der Waals surface area contributed by atoms with E-state index in [0.717, 1.165) is 6.42 Å². The van der Waals surface area contributed by atoms with Crippen molar-refractivity contribution in [1.29, 1.82) is 0 Å². The Morgan fingerprint density at radius 2 is 2.17 bits per heavy atom. The molecule has 0 aromatic heterocycles. The van der Waals surface area contributed by atoms with E-state index in [4.69, 9.17) is 5.11 Å². The molecule has 1 aliphatic carbocycles. The Morgan fingerprint density at radius 1 is 1.33 bits per heavy atom. The number of aliphatic hydroxyl groups is 1. The maximum atomic E-state index is 8.85. The molecule has 0 fully saturated rings. The molecule has 1 nitrogen and oxygen atoms in total. The summed E-state index contributed by atoms with van der Waals surface area (Å²) in [6.45, 7) is 0.318. The molecule has 0 radical (unpaired) electrons. The van der Waals surface area contributed by atoms with Gasteiger partial charge in [-0.1, -0.05) is 24.3 Å². The van der Waals surface area contributed by atoms with E-state index in [2.05, 4.69) is 24.3 Å². The highest BCUT2D eigenvalue weighted by Gasteiger charge is 2.20. The molecule has 0 unspecified atom stereocenters. The summed E-state index contributed by atoms with van der Waals surface area (Å²) in [7, 11) is 0. The molecule has 0 heterocycles. The summed E-state index contributed by atoms with van der Waals surface area (Å²) in [4.78, 5) is 0. The van der Waals surface area contributed by atoms with E-state index < -0.39 is 0 Å². The molecule has 64 valence electrons. The number of rotatable bonds is 2. The van der Waals surface area contributed by atoms with E-state index in [0.29, 0.717) is 12.5 Å². The molecule has 0 amide bonds. The Balaban J connectivity index is 2.24. The van der Waals surface area contributed by atoms with Crippen LogP contribution in [0.4, 0.5) is 0 Å². The minimum Gasteiger partial charge on any atom is -0.396 e. The predicted octanol–water partition coefficient (Wildman–Crippen LogP) is 2.10. The fourth-order valence-corrected chi connectivity index (χ4v) is 2.10. The SMILES string of the molecule is OCC[C@@H]1CCc2ccccc21. The van der Waals surface area contributed by atoms with Gasteiger partial charge < -0.3 is 5.11 Å². The van der Waals surface area contributed by atoms with Gasteiger partial charge in [0.05, 0.1) is 0 Å². The highest BCUT2D eigenvalue weighted by molar-refractivity contribution is 5.34. The summed E-state index contributed by atoms with van der Waals surface area (Å²) < 4.78 is 0. The molecule has 1 aromatic carbocycles. The number of fused-ring (bicyclic) bond motifs is 1. The van der Waals surface area contributed by atoms with E-state index in [-0.39, 0.29) is 0 Å².